The van der Waals surface area contributed by atoms with E-state index < -0.39 is 0 Å². The minimum absolute atomic E-state index is 0. The van der Waals surface area contributed by atoms with Crippen molar-refractivity contribution >= 4 is 11.4 Å². The van der Waals surface area contributed by atoms with E-state index in [4.69, 9.17) is 10.2 Å². The average molecular weight is 942 g/mol. The number of aliphatic hydroxyl groups excluding tert-OH is 2. The van der Waals surface area contributed by atoms with Crippen molar-refractivity contribution in [1.82, 2.24) is 0 Å². The monoisotopic (exact) mass is 941 g/mol. The maximum absolute atomic E-state index is 12.0. The fraction of sp³-hybridized carbons (Fsp3) is 0.541. The summed E-state index contributed by atoms with van der Waals surface area (Å²) in [5.74, 6) is 0. The van der Waals surface area contributed by atoms with Crippen molar-refractivity contribution in [3.8, 4) is 0 Å². The Balaban J connectivity index is 0.000000732. The number of benzene rings is 4. The van der Waals surface area contributed by atoms with Gasteiger partial charge in [-0.3, -0.25) is 0 Å². The summed E-state index contributed by atoms with van der Waals surface area (Å²) in [6, 6.07) is 37.1. The standard InChI is InChI=1S/C47H74N2.2C7H8O.Ni/c1-5-9-13-14-15-16-17-18-19-20-21-22-23-24-25-26-27-31-41-33-29-35-43(39-41)47-45(37-12-8-4)44(36-11-7-3)46(49(47)48)42-34-28-32-40(38-42)30-10-6-2;2*8-6-7-4-2-1-3-5-7;/h28-29,32-35,38-39H,5-27,30-31,36-37H2,1-4H3;2*1-5,8H,6H2;. The quantitative estimate of drug-likeness (QED) is 0.0300. The number of unbranched alkanes of at least 4 members (excludes halogenated alkanes) is 19. The molecule has 0 aliphatic carbocycles. The van der Waals surface area contributed by atoms with E-state index in [9.17, 15) is 5.53 Å². The van der Waals surface area contributed by atoms with Crippen molar-refractivity contribution in [2.24, 2.45) is 0 Å². The Morgan fingerprint density at radius 1 is 0.348 bits per heavy atom. The van der Waals surface area contributed by atoms with Crippen molar-refractivity contribution in [3.63, 3.8) is 0 Å². The molecule has 4 aromatic carbocycles. The van der Waals surface area contributed by atoms with Gasteiger partial charge in [-0.25, -0.2) is 4.70 Å². The van der Waals surface area contributed by atoms with Gasteiger partial charge in [0.2, 0.25) is 11.4 Å². The average Bonchev–Trinajstić information content (AvgIpc) is 3.63. The van der Waals surface area contributed by atoms with Gasteiger partial charge in [-0.2, -0.15) is 0 Å². The Hall–Kier alpha value is -3.63. The number of allylic oxidation sites excluding steroid dienone is 2. The SMILES string of the molecule is CCCCCCCCCCCCCCCCCCCc1cccc(C2=C(CCCC)C(CCCC)=C(c3cccc(CCCC)c3)[N+]2=[N-])c1.OCc1ccccc1.OCc1ccccc1.[Ni]. The number of hydrogen-bond donors (Lipinski definition) is 2. The van der Waals surface area contributed by atoms with E-state index in [-0.39, 0.29) is 29.7 Å². The van der Waals surface area contributed by atoms with Crippen LogP contribution in [0.3, 0.4) is 0 Å². The molecule has 0 amide bonds. The molecule has 0 radical (unpaired) electrons. The molecule has 1 heterocycles. The zero-order valence-electron chi connectivity index (χ0n) is 42.0. The molecule has 0 atom stereocenters. The first-order valence-corrected chi connectivity index (χ1v) is 26.4. The molecular weight excluding hydrogens is 851 g/mol. The van der Waals surface area contributed by atoms with E-state index in [1.807, 2.05) is 60.7 Å². The maximum atomic E-state index is 12.0. The van der Waals surface area contributed by atoms with Crippen LogP contribution in [0.2, 0.25) is 0 Å². The molecule has 1 aliphatic heterocycles. The summed E-state index contributed by atoms with van der Waals surface area (Å²) >= 11 is 0. The van der Waals surface area contributed by atoms with Gasteiger partial charge < -0.3 is 15.7 Å². The van der Waals surface area contributed by atoms with Gasteiger partial charge in [-0.15, -0.1) is 0 Å². The Labute approximate surface area is 414 Å². The van der Waals surface area contributed by atoms with E-state index in [0.717, 1.165) is 79.5 Å². The van der Waals surface area contributed by atoms with Crippen molar-refractivity contribution in [2.75, 3.05) is 0 Å². The number of nitrogens with zero attached hydrogens (tertiary/aromatic N) is 2. The third kappa shape index (κ3) is 23.4. The summed E-state index contributed by atoms with van der Waals surface area (Å²) in [5, 5.41) is 17.1. The molecule has 2 N–H and O–H groups in total. The van der Waals surface area contributed by atoms with E-state index in [1.165, 1.54) is 150 Å². The van der Waals surface area contributed by atoms with Crippen LogP contribution in [-0.4, -0.2) is 14.9 Å². The van der Waals surface area contributed by atoms with Crippen molar-refractivity contribution < 1.29 is 31.4 Å². The van der Waals surface area contributed by atoms with Crippen LogP contribution < -0.4 is 0 Å². The van der Waals surface area contributed by atoms with Crippen molar-refractivity contribution in [2.45, 2.75) is 214 Å². The normalized spacial score (nSPS) is 12.1. The molecule has 5 heteroatoms. The van der Waals surface area contributed by atoms with Crippen LogP contribution in [0.15, 0.2) is 120 Å². The molecular formula is C61H90N2NiO2. The fourth-order valence-corrected chi connectivity index (χ4v) is 8.84. The summed E-state index contributed by atoms with van der Waals surface area (Å²) in [7, 11) is 0. The predicted molar refractivity (Wildman–Crippen MR) is 281 cm³/mol. The van der Waals surface area contributed by atoms with E-state index in [0.29, 0.717) is 0 Å². The molecule has 4 nitrogen and oxygen atoms in total. The number of aryl methyl sites for hydroxylation is 2. The van der Waals surface area contributed by atoms with Gasteiger partial charge in [0.15, 0.2) is 0 Å². The third-order valence-electron chi connectivity index (χ3n) is 12.8. The molecule has 5 rings (SSSR count). The van der Waals surface area contributed by atoms with Crippen LogP contribution in [0, 0.1) is 0 Å². The van der Waals surface area contributed by atoms with Gasteiger partial charge >= 0.3 is 0 Å². The molecule has 0 aromatic heterocycles. The molecule has 0 bridgehead atoms. The zero-order chi connectivity index (χ0) is 46.6. The van der Waals surface area contributed by atoms with Gasteiger partial charge in [0.1, 0.15) is 0 Å². The second-order valence-corrected chi connectivity index (χ2v) is 18.4. The van der Waals surface area contributed by atoms with E-state index in [1.54, 1.807) is 4.70 Å². The fourth-order valence-electron chi connectivity index (χ4n) is 8.84. The van der Waals surface area contributed by atoms with Gasteiger partial charge in [-0.1, -0.05) is 235 Å². The molecule has 66 heavy (non-hydrogen) atoms. The predicted octanol–water partition coefficient (Wildman–Crippen LogP) is 18.1. The van der Waals surface area contributed by atoms with E-state index in [2.05, 4.69) is 76.2 Å². The molecule has 0 spiro atoms. The Morgan fingerprint density at radius 2 is 0.652 bits per heavy atom. The minimum Gasteiger partial charge on any atom is -0.493 e. The first kappa shape index (κ1) is 58.5. The minimum atomic E-state index is 0. The van der Waals surface area contributed by atoms with Crippen LogP contribution in [0.4, 0.5) is 0 Å². The second-order valence-electron chi connectivity index (χ2n) is 18.4. The zero-order valence-corrected chi connectivity index (χ0v) is 43.0. The molecule has 0 saturated carbocycles. The van der Waals surface area contributed by atoms with Crippen LogP contribution in [0.1, 0.15) is 222 Å². The number of rotatable bonds is 31. The van der Waals surface area contributed by atoms with E-state index >= 15 is 0 Å². The van der Waals surface area contributed by atoms with Gasteiger partial charge in [-0.05, 0) is 97.9 Å². The Kier molecular flexibility index (Phi) is 34.0. The summed E-state index contributed by atoms with van der Waals surface area (Å²) < 4.78 is 1.57. The topological polar surface area (TPSA) is 65.8 Å². The molecule has 0 unspecified atom stereocenters. The summed E-state index contributed by atoms with van der Waals surface area (Å²) in [4.78, 5) is 0. The first-order chi connectivity index (χ1) is 32.0. The Morgan fingerprint density at radius 3 is 0.985 bits per heavy atom. The van der Waals surface area contributed by atoms with Gasteiger partial charge in [0.25, 0.3) is 0 Å². The molecule has 0 fully saturated rings. The van der Waals surface area contributed by atoms with Crippen molar-refractivity contribution in [3.05, 3.63) is 159 Å². The van der Waals surface area contributed by atoms with Crippen LogP contribution in [-0.2, 0) is 42.5 Å². The summed E-state index contributed by atoms with van der Waals surface area (Å²) in [6.07, 6.45) is 35.2. The molecule has 366 valence electrons. The summed E-state index contributed by atoms with van der Waals surface area (Å²) in [5.41, 5.74) is 23.8. The maximum Gasteiger partial charge on any atom is 0.211 e. The number of aliphatic hydroxyl groups is 2. The molecule has 0 saturated heterocycles. The third-order valence-corrected chi connectivity index (χ3v) is 12.8. The van der Waals surface area contributed by atoms with Crippen molar-refractivity contribution in [1.29, 1.82) is 0 Å². The van der Waals surface area contributed by atoms with Crippen LogP contribution in [0.5, 0.6) is 0 Å². The largest absolute Gasteiger partial charge is 0.493 e. The van der Waals surface area contributed by atoms with Crippen LogP contribution >= 0.6 is 0 Å². The summed E-state index contributed by atoms with van der Waals surface area (Å²) in [6.45, 7) is 9.39. The van der Waals surface area contributed by atoms with Crippen LogP contribution in [0.25, 0.3) is 16.9 Å². The van der Waals surface area contributed by atoms with Gasteiger partial charge in [0.05, 0.1) is 13.2 Å². The van der Waals surface area contributed by atoms with Gasteiger partial charge in [0, 0.05) is 38.8 Å². The molecule has 1 aliphatic rings. The smallest absolute Gasteiger partial charge is 0.211 e. The number of hydrogen-bond acceptors (Lipinski definition) is 2. The second kappa shape index (κ2) is 38.4. The Bertz CT molecular complexity index is 1850. The first-order valence-electron chi connectivity index (χ1n) is 26.4. The molecule has 4 aromatic rings.